The molecule has 0 radical (unpaired) electrons. The Bertz CT molecular complexity index is 506. The Hall–Kier alpha value is -2.24. The molecule has 0 bridgehead atoms. The number of hydrogen-bond acceptors (Lipinski definition) is 3. The number of phenols is 1. The number of rotatable bonds is 4. The van der Waals surface area contributed by atoms with Crippen LogP contribution < -0.4 is 10.6 Å². The van der Waals surface area contributed by atoms with E-state index in [0.29, 0.717) is 6.54 Å². The van der Waals surface area contributed by atoms with Gasteiger partial charge in [0.25, 0.3) is 0 Å². The molecule has 0 atom stereocenters. The van der Waals surface area contributed by atoms with Crippen LogP contribution in [0.1, 0.15) is 37.6 Å². The summed E-state index contributed by atoms with van der Waals surface area (Å²) in [6.45, 7) is 6.69. The van der Waals surface area contributed by atoms with Crippen LogP contribution in [0.3, 0.4) is 0 Å². The van der Waals surface area contributed by atoms with Gasteiger partial charge in [0.05, 0.1) is 5.69 Å². The summed E-state index contributed by atoms with van der Waals surface area (Å²) >= 11 is 0. The summed E-state index contributed by atoms with van der Waals surface area (Å²) in [4.78, 5) is 22.5. The van der Waals surface area contributed by atoms with E-state index in [1.54, 1.807) is 0 Å². The summed E-state index contributed by atoms with van der Waals surface area (Å²) in [6, 6.07) is 3.67. The number of benzene rings is 1. The Morgan fingerprint density at radius 3 is 2.45 bits per heavy atom. The molecule has 0 aromatic heterocycles. The van der Waals surface area contributed by atoms with Crippen molar-refractivity contribution in [2.24, 2.45) is 5.41 Å². The monoisotopic (exact) mass is 280 g/mol. The number of carbonyl (C=O) groups is 2. The number of hydrogen-bond donors (Lipinski definition) is 4. The SMILES string of the molecule is CC(C)(C)CCNC(=O)Nc1cccc(C(=O)O)c1O. The average molecular weight is 280 g/mol. The van der Waals surface area contributed by atoms with Crippen LogP contribution in [0.25, 0.3) is 0 Å². The summed E-state index contributed by atoms with van der Waals surface area (Å²) in [5.74, 6) is -1.70. The number of carbonyl (C=O) groups excluding carboxylic acids is 1. The van der Waals surface area contributed by atoms with Gasteiger partial charge in [-0.25, -0.2) is 9.59 Å². The van der Waals surface area contributed by atoms with Gasteiger partial charge >= 0.3 is 12.0 Å². The highest BCUT2D eigenvalue weighted by atomic mass is 16.4. The molecule has 1 aromatic rings. The van der Waals surface area contributed by atoms with Crippen LogP contribution in [-0.2, 0) is 0 Å². The van der Waals surface area contributed by atoms with Crippen LogP contribution >= 0.6 is 0 Å². The van der Waals surface area contributed by atoms with E-state index in [4.69, 9.17) is 5.11 Å². The zero-order valence-corrected chi connectivity index (χ0v) is 11.9. The number of carboxylic acid groups (broad SMARTS) is 1. The number of aromatic carboxylic acids is 1. The van der Waals surface area contributed by atoms with Crippen LogP contribution in [0.15, 0.2) is 18.2 Å². The maximum atomic E-state index is 11.7. The quantitative estimate of drug-likeness (QED) is 0.637. The van der Waals surface area contributed by atoms with Crippen molar-refractivity contribution in [1.29, 1.82) is 0 Å². The van der Waals surface area contributed by atoms with E-state index in [0.717, 1.165) is 6.42 Å². The van der Waals surface area contributed by atoms with Crippen molar-refractivity contribution in [3.63, 3.8) is 0 Å². The molecule has 1 aromatic carbocycles. The van der Waals surface area contributed by atoms with Gasteiger partial charge in [-0.15, -0.1) is 0 Å². The fourth-order valence-electron chi connectivity index (χ4n) is 1.53. The van der Waals surface area contributed by atoms with Crippen molar-refractivity contribution < 1.29 is 19.8 Å². The van der Waals surface area contributed by atoms with Crippen LogP contribution in [-0.4, -0.2) is 28.8 Å². The van der Waals surface area contributed by atoms with Gasteiger partial charge < -0.3 is 20.8 Å². The summed E-state index contributed by atoms with van der Waals surface area (Å²) in [5, 5.41) is 23.7. The van der Waals surface area contributed by atoms with Crippen LogP contribution in [0.5, 0.6) is 5.75 Å². The third kappa shape index (κ3) is 4.79. The number of urea groups is 1. The second-order valence-electron chi connectivity index (χ2n) is 5.70. The maximum absolute atomic E-state index is 11.7. The van der Waals surface area contributed by atoms with E-state index in [1.807, 2.05) is 0 Å². The highest BCUT2D eigenvalue weighted by Gasteiger charge is 2.15. The average Bonchev–Trinajstić information content (AvgIpc) is 2.29. The number of aromatic hydroxyl groups is 1. The lowest BCUT2D eigenvalue weighted by Gasteiger charge is -2.18. The second kappa shape index (κ2) is 6.27. The molecule has 0 unspecified atom stereocenters. The highest BCUT2D eigenvalue weighted by molar-refractivity contribution is 5.97. The first-order valence-electron chi connectivity index (χ1n) is 6.31. The normalized spacial score (nSPS) is 10.9. The van der Waals surface area contributed by atoms with E-state index >= 15 is 0 Å². The Balaban J connectivity index is 2.63. The second-order valence-corrected chi connectivity index (χ2v) is 5.70. The summed E-state index contributed by atoms with van der Waals surface area (Å²) in [5.41, 5.74) is -0.0748. The van der Waals surface area contributed by atoms with Gasteiger partial charge in [-0.1, -0.05) is 26.8 Å². The van der Waals surface area contributed by atoms with Gasteiger partial charge in [0, 0.05) is 6.54 Å². The van der Waals surface area contributed by atoms with Gasteiger partial charge in [-0.05, 0) is 24.0 Å². The number of anilines is 1. The largest absolute Gasteiger partial charge is 0.505 e. The number of para-hydroxylation sites is 1. The van der Waals surface area contributed by atoms with Crippen molar-refractivity contribution in [3.05, 3.63) is 23.8 Å². The van der Waals surface area contributed by atoms with Crippen molar-refractivity contribution >= 4 is 17.7 Å². The molecular weight excluding hydrogens is 260 g/mol. The maximum Gasteiger partial charge on any atom is 0.339 e. The summed E-state index contributed by atoms with van der Waals surface area (Å²) in [6.07, 6.45) is 0.807. The lowest BCUT2D eigenvalue weighted by atomic mass is 9.92. The number of nitrogens with one attached hydrogen (secondary N) is 2. The molecule has 6 heteroatoms. The predicted molar refractivity (Wildman–Crippen MR) is 76.2 cm³/mol. The summed E-state index contributed by atoms with van der Waals surface area (Å²) in [7, 11) is 0. The van der Waals surface area contributed by atoms with Crippen molar-refractivity contribution in [2.45, 2.75) is 27.2 Å². The first-order chi connectivity index (χ1) is 9.20. The highest BCUT2D eigenvalue weighted by Crippen LogP contribution is 2.27. The molecule has 110 valence electrons. The van der Waals surface area contributed by atoms with Gasteiger partial charge in [0.1, 0.15) is 5.56 Å². The molecule has 0 aliphatic carbocycles. The van der Waals surface area contributed by atoms with Gasteiger partial charge in [0.15, 0.2) is 5.75 Å². The molecule has 0 saturated carbocycles. The van der Waals surface area contributed by atoms with Crippen molar-refractivity contribution in [2.75, 3.05) is 11.9 Å². The molecule has 2 amide bonds. The molecule has 1 rings (SSSR count). The standard InChI is InChI=1S/C14H20N2O4/c1-14(2,3)7-8-15-13(20)16-10-6-4-5-9(11(10)17)12(18)19/h4-6,17H,7-8H2,1-3H3,(H,18,19)(H2,15,16,20). The fourth-order valence-corrected chi connectivity index (χ4v) is 1.53. The van der Waals surface area contributed by atoms with E-state index in [1.165, 1.54) is 18.2 Å². The lowest BCUT2D eigenvalue weighted by molar-refractivity contribution is 0.0693. The van der Waals surface area contributed by atoms with Gasteiger partial charge in [-0.3, -0.25) is 0 Å². The number of amides is 2. The Labute approximate surface area is 117 Å². The smallest absolute Gasteiger partial charge is 0.339 e. The van der Waals surface area contributed by atoms with Crippen molar-refractivity contribution in [3.8, 4) is 5.75 Å². The van der Waals surface area contributed by atoms with E-state index in [2.05, 4.69) is 31.4 Å². The molecule has 0 aliphatic heterocycles. The third-order valence-electron chi connectivity index (χ3n) is 2.68. The molecule has 0 spiro atoms. The zero-order chi connectivity index (χ0) is 15.3. The Morgan fingerprint density at radius 1 is 1.25 bits per heavy atom. The molecule has 0 heterocycles. The van der Waals surface area contributed by atoms with Crippen molar-refractivity contribution in [1.82, 2.24) is 5.32 Å². The molecule has 4 N–H and O–H groups in total. The van der Waals surface area contributed by atoms with Crippen LogP contribution in [0.2, 0.25) is 0 Å². The fraction of sp³-hybridized carbons (Fsp3) is 0.429. The van der Waals surface area contributed by atoms with Gasteiger partial charge in [-0.2, -0.15) is 0 Å². The minimum absolute atomic E-state index is 0.0677. The molecule has 6 nitrogen and oxygen atoms in total. The first-order valence-corrected chi connectivity index (χ1v) is 6.31. The molecule has 0 aliphatic rings. The van der Waals surface area contributed by atoms with Gasteiger partial charge in [0.2, 0.25) is 0 Å². The molecular formula is C14H20N2O4. The van der Waals surface area contributed by atoms with E-state index in [-0.39, 0.29) is 16.7 Å². The van der Waals surface area contributed by atoms with E-state index < -0.39 is 17.7 Å². The Kier molecular flexibility index (Phi) is 4.96. The molecule has 20 heavy (non-hydrogen) atoms. The summed E-state index contributed by atoms with van der Waals surface area (Å²) < 4.78 is 0. The minimum atomic E-state index is -1.25. The number of carboxylic acids is 1. The van der Waals surface area contributed by atoms with Crippen LogP contribution in [0.4, 0.5) is 10.5 Å². The van der Waals surface area contributed by atoms with E-state index in [9.17, 15) is 14.7 Å². The lowest BCUT2D eigenvalue weighted by Crippen LogP contribution is -2.31. The topological polar surface area (TPSA) is 98.7 Å². The minimum Gasteiger partial charge on any atom is -0.505 e. The first kappa shape index (κ1) is 15.8. The third-order valence-corrected chi connectivity index (χ3v) is 2.68. The predicted octanol–water partition coefficient (Wildman–Crippen LogP) is 2.65. The molecule has 0 saturated heterocycles. The zero-order valence-electron chi connectivity index (χ0n) is 11.9. The Morgan fingerprint density at radius 2 is 1.90 bits per heavy atom. The van der Waals surface area contributed by atoms with Crippen LogP contribution in [0, 0.1) is 5.41 Å². The molecule has 0 fully saturated rings.